The van der Waals surface area contributed by atoms with Gasteiger partial charge in [-0.25, -0.2) is 4.98 Å². The van der Waals surface area contributed by atoms with E-state index in [1.165, 1.54) is 5.56 Å². The first-order valence-corrected chi connectivity index (χ1v) is 5.60. The van der Waals surface area contributed by atoms with E-state index in [1.807, 2.05) is 18.2 Å². The van der Waals surface area contributed by atoms with Crippen molar-refractivity contribution in [2.45, 2.75) is 19.9 Å². The van der Waals surface area contributed by atoms with Crippen LogP contribution in [0.1, 0.15) is 18.2 Å². The normalized spacial score (nSPS) is 10.2. The Morgan fingerprint density at radius 2 is 2.18 bits per heavy atom. The van der Waals surface area contributed by atoms with Crippen molar-refractivity contribution < 1.29 is 4.74 Å². The van der Waals surface area contributed by atoms with Gasteiger partial charge in [-0.1, -0.05) is 19.1 Å². The van der Waals surface area contributed by atoms with Crippen molar-refractivity contribution in [1.82, 2.24) is 9.97 Å². The third kappa shape index (κ3) is 3.01. The number of ether oxygens (including phenoxy) is 1. The molecule has 0 aliphatic heterocycles. The maximum absolute atomic E-state index is 5.59. The fourth-order valence-corrected chi connectivity index (χ4v) is 1.47. The first-order chi connectivity index (χ1) is 8.31. The van der Waals surface area contributed by atoms with Crippen LogP contribution >= 0.6 is 0 Å². The maximum Gasteiger partial charge on any atom is 0.322 e. The molecule has 17 heavy (non-hydrogen) atoms. The third-order valence-electron chi connectivity index (χ3n) is 2.42. The minimum absolute atomic E-state index is 0.334. The van der Waals surface area contributed by atoms with Crippen LogP contribution in [0.5, 0.6) is 11.8 Å². The predicted molar refractivity (Wildman–Crippen MR) is 65.8 cm³/mol. The summed E-state index contributed by atoms with van der Waals surface area (Å²) < 4.78 is 5.59. The Balaban J connectivity index is 2.18. The SMILES string of the molecule is CCc1cccc(Oc2nccc(CN)n2)c1. The second kappa shape index (κ2) is 5.41. The summed E-state index contributed by atoms with van der Waals surface area (Å²) in [6, 6.07) is 10.00. The van der Waals surface area contributed by atoms with E-state index < -0.39 is 0 Å². The van der Waals surface area contributed by atoms with Gasteiger partial charge in [-0.3, -0.25) is 0 Å². The molecule has 0 radical (unpaired) electrons. The maximum atomic E-state index is 5.59. The molecule has 88 valence electrons. The lowest BCUT2D eigenvalue weighted by atomic mass is 10.2. The molecule has 0 atom stereocenters. The van der Waals surface area contributed by atoms with Crippen molar-refractivity contribution in [1.29, 1.82) is 0 Å². The van der Waals surface area contributed by atoms with Gasteiger partial charge in [0.2, 0.25) is 0 Å². The van der Waals surface area contributed by atoms with Gasteiger partial charge in [-0.05, 0) is 30.2 Å². The summed E-state index contributed by atoms with van der Waals surface area (Å²) in [4.78, 5) is 8.23. The number of aromatic nitrogens is 2. The van der Waals surface area contributed by atoms with Crippen LogP contribution in [0.4, 0.5) is 0 Å². The van der Waals surface area contributed by atoms with E-state index in [1.54, 1.807) is 12.3 Å². The van der Waals surface area contributed by atoms with E-state index in [-0.39, 0.29) is 0 Å². The molecule has 1 aromatic heterocycles. The number of aryl methyl sites for hydroxylation is 1. The Morgan fingerprint density at radius 3 is 2.94 bits per heavy atom. The lowest BCUT2D eigenvalue weighted by Crippen LogP contribution is -2.01. The summed E-state index contributed by atoms with van der Waals surface area (Å²) in [5.74, 6) is 0.749. The van der Waals surface area contributed by atoms with Gasteiger partial charge in [-0.2, -0.15) is 4.98 Å². The van der Waals surface area contributed by atoms with E-state index >= 15 is 0 Å². The number of hydrogen-bond donors (Lipinski definition) is 1. The van der Waals surface area contributed by atoms with Gasteiger partial charge in [0.05, 0.1) is 5.69 Å². The molecule has 2 rings (SSSR count). The number of hydrogen-bond acceptors (Lipinski definition) is 4. The lowest BCUT2D eigenvalue weighted by Gasteiger charge is -2.05. The summed E-state index contributed by atoms with van der Waals surface area (Å²) in [5, 5.41) is 0. The molecule has 4 nitrogen and oxygen atoms in total. The average molecular weight is 229 g/mol. The van der Waals surface area contributed by atoms with Crippen molar-refractivity contribution in [2.75, 3.05) is 0 Å². The molecule has 1 heterocycles. The molecule has 0 bridgehead atoms. The van der Waals surface area contributed by atoms with Crippen LogP contribution in [0.3, 0.4) is 0 Å². The van der Waals surface area contributed by atoms with E-state index in [0.717, 1.165) is 17.9 Å². The molecule has 1 aromatic carbocycles. The van der Waals surface area contributed by atoms with Crippen LogP contribution < -0.4 is 10.5 Å². The second-order valence-corrected chi connectivity index (χ2v) is 3.64. The van der Waals surface area contributed by atoms with Crippen LogP contribution in [-0.4, -0.2) is 9.97 Å². The van der Waals surface area contributed by atoms with E-state index in [4.69, 9.17) is 10.5 Å². The summed E-state index contributed by atoms with van der Waals surface area (Å²) in [5.41, 5.74) is 7.50. The van der Waals surface area contributed by atoms with Crippen LogP contribution in [0.25, 0.3) is 0 Å². The van der Waals surface area contributed by atoms with E-state index in [2.05, 4.69) is 23.0 Å². The predicted octanol–water partition coefficient (Wildman–Crippen LogP) is 2.29. The summed E-state index contributed by atoms with van der Waals surface area (Å²) in [7, 11) is 0. The highest BCUT2D eigenvalue weighted by Gasteiger charge is 2.01. The zero-order valence-corrected chi connectivity index (χ0v) is 9.76. The Kier molecular flexibility index (Phi) is 3.67. The fourth-order valence-electron chi connectivity index (χ4n) is 1.47. The summed E-state index contributed by atoms with van der Waals surface area (Å²) >= 11 is 0. The van der Waals surface area contributed by atoms with E-state index in [0.29, 0.717) is 12.6 Å². The van der Waals surface area contributed by atoms with Crippen molar-refractivity contribution >= 4 is 0 Å². The molecule has 0 unspecified atom stereocenters. The van der Waals surface area contributed by atoms with Crippen LogP contribution in [0, 0.1) is 0 Å². The van der Waals surface area contributed by atoms with E-state index in [9.17, 15) is 0 Å². The van der Waals surface area contributed by atoms with Gasteiger partial charge in [0, 0.05) is 12.7 Å². The first kappa shape index (κ1) is 11.5. The minimum atomic E-state index is 0.334. The molecular formula is C13H15N3O. The Morgan fingerprint density at radius 1 is 1.29 bits per heavy atom. The molecule has 0 saturated heterocycles. The second-order valence-electron chi connectivity index (χ2n) is 3.64. The van der Waals surface area contributed by atoms with Gasteiger partial charge >= 0.3 is 6.01 Å². The van der Waals surface area contributed by atoms with Crippen molar-refractivity contribution in [2.24, 2.45) is 5.73 Å². The number of nitrogens with two attached hydrogens (primary N) is 1. The smallest absolute Gasteiger partial charge is 0.322 e. The van der Waals surface area contributed by atoms with Crippen molar-refractivity contribution in [3.05, 3.63) is 47.8 Å². The Bertz CT molecular complexity index is 454. The van der Waals surface area contributed by atoms with Gasteiger partial charge in [0.25, 0.3) is 0 Å². The first-order valence-electron chi connectivity index (χ1n) is 5.60. The minimum Gasteiger partial charge on any atom is -0.424 e. The molecule has 0 saturated carbocycles. The Labute approximate surface area is 100 Å². The number of rotatable bonds is 4. The highest BCUT2D eigenvalue weighted by Crippen LogP contribution is 2.19. The zero-order valence-electron chi connectivity index (χ0n) is 9.76. The molecule has 0 aliphatic rings. The van der Waals surface area contributed by atoms with Gasteiger partial charge in [0.15, 0.2) is 0 Å². The molecule has 0 aliphatic carbocycles. The molecule has 0 fully saturated rings. The number of benzene rings is 1. The van der Waals surface area contributed by atoms with Crippen molar-refractivity contribution in [3.63, 3.8) is 0 Å². The van der Waals surface area contributed by atoms with Crippen LogP contribution in [-0.2, 0) is 13.0 Å². The molecule has 0 amide bonds. The zero-order chi connectivity index (χ0) is 12.1. The molecule has 2 N–H and O–H groups in total. The topological polar surface area (TPSA) is 61.0 Å². The number of nitrogens with zero attached hydrogens (tertiary/aromatic N) is 2. The van der Waals surface area contributed by atoms with Crippen LogP contribution in [0.2, 0.25) is 0 Å². The lowest BCUT2D eigenvalue weighted by molar-refractivity contribution is 0.439. The molecule has 2 aromatic rings. The monoisotopic (exact) mass is 229 g/mol. The van der Waals surface area contributed by atoms with Gasteiger partial charge in [-0.15, -0.1) is 0 Å². The summed E-state index contributed by atoms with van der Waals surface area (Å²) in [6.07, 6.45) is 2.62. The largest absolute Gasteiger partial charge is 0.424 e. The van der Waals surface area contributed by atoms with Gasteiger partial charge in [0.1, 0.15) is 5.75 Å². The highest BCUT2D eigenvalue weighted by molar-refractivity contribution is 5.30. The molecular weight excluding hydrogens is 214 g/mol. The highest BCUT2D eigenvalue weighted by atomic mass is 16.5. The standard InChI is InChI=1S/C13H15N3O/c1-2-10-4-3-5-12(8-10)17-13-15-7-6-11(9-14)16-13/h3-8H,2,9,14H2,1H3. The quantitative estimate of drug-likeness (QED) is 0.873. The molecule has 0 spiro atoms. The summed E-state index contributed by atoms with van der Waals surface area (Å²) in [6.45, 7) is 2.48. The third-order valence-corrected chi connectivity index (χ3v) is 2.42. The van der Waals surface area contributed by atoms with Crippen molar-refractivity contribution in [3.8, 4) is 11.8 Å². The average Bonchev–Trinajstić information content (AvgIpc) is 2.39. The van der Waals surface area contributed by atoms with Gasteiger partial charge < -0.3 is 10.5 Å². The molecule has 4 heteroatoms. The Hall–Kier alpha value is -1.94. The van der Waals surface area contributed by atoms with Crippen LogP contribution in [0.15, 0.2) is 36.5 Å². The fraction of sp³-hybridized carbons (Fsp3) is 0.231.